The van der Waals surface area contributed by atoms with Crippen molar-refractivity contribution in [1.82, 2.24) is 5.32 Å². The fourth-order valence-electron chi connectivity index (χ4n) is 2.83. The molecule has 2 aromatic rings. The van der Waals surface area contributed by atoms with E-state index in [9.17, 15) is 5.11 Å². The molecule has 0 amide bonds. The maximum absolute atomic E-state index is 10.3. The Hall–Kier alpha value is -1.62. The van der Waals surface area contributed by atoms with Gasteiger partial charge in [0.1, 0.15) is 11.4 Å². The lowest BCUT2D eigenvalue weighted by molar-refractivity contribution is 0.0269. The van der Waals surface area contributed by atoms with E-state index in [1.165, 1.54) is 10.9 Å². The van der Waals surface area contributed by atoms with Gasteiger partial charge in [-0.05, 0) is 17.0 Å². The molecule has 2 N–H and O–H groups in total. The maximum atomic E-state index is 10.3. The first kappa shape index (κ1) is 14.3. The summed E-state index contributed by atoms with van der Waals surface area (Å²) >= 11 is 0. The van der Waals surface area contributed by atoms with Crippen molar-refractivity contribution in [3.05, 3.63) is 42.0 Å². The van der Waals surface area contributed by atoms with Crippen molar-refractivity contribution >= 4 is 10.8 Å². The first-order valence-electron chi connectivity index (χ1n) is 7.27. The normalized spacial score (nSPS) is 21.8. The molecule has 1 aliphatic rings. The van der Waals surface area contributed by atoms with E-state index < -0.39 is 5.60 Å². The van der Waals surface area contributed by atoms with Gasteiger partial charge in [0, 0.05) is 31.5 Å². The van der Waals surface area contributed by atoms with Gasteiger partial charge >= 0.3 is 0 Å². The van der Waals surface area contributed by atoms with Crippen LogP contribution in [0.1, 0.15) is 12.0 Å². The predicted octanol–water partition coefficient (Wildman–Crippen LogP) is 2.09. The molecular weight excluding hydrogens is 266 g/mol. The quantitative estimate of drug-likeness (QED) is 0.884. The predicted molar refractivity (Wildman–Crippen MR) is 82.6 cm³/mol. The van der Waals surface area contributed by atoms with E-state index in [1.54, 1.807) is 7.11 Å². The van der Waals surface area contributed by atoms with Crippen LogP contribution < -0.4 is 10.1 Å². The fourth-order valence-corrected chi connectivity index (χ4v) is 2.83. The van der Waals surface area contributed by atoms with Crippen LogP contribution in [0.15, 0.2) is 36.4 Å². The van der Waals surface area contributed by atoms with Crippen LogP contribution in [0.3, 0.4) is 0 Å². The number of methoxy groups -OCH3 is 1. The monoisotopic (exact) mass is 287 g/mol. The molecule has 1 heterocycles. The molecule has 1 unspecified atom stereocenters. The molecule has 4 nitrogen and oxygen atoms in total. The van der Waals surface area contributed by atoms with Crippen molar-refractivity contribution in [2.24, 2.45) is 0 Å². The molecule has 1 atom stereocenters. The van der Waals surface area contributed by atoms with Gasteiger partial charge in [-0.25, -0.2) is 0 Å². The second-order valence-electron chi connectivity index (χ2n) is 5.60. The van der Waals surface area contributed by atoms with Crippen LogP contribution in [0.5, 0.6) is 5.75 Å². The molecular formula is C17H21NO3. The average molecular weight is 287 g/mol. The van der Waals surface area contributed by atoms with E-state index in [1.807, 2.05) is 18.2 Å². The number of rotatable bonds is 5. The number of hydrogen-bond acceptors (Lipinski definition) is 4. The third-order valence-corrected chi connectivity index (χ3v) is 4.05. The summed E-state index contributed by atoms with van der Waals surface area (Å²) in [6.07, 6.45) is 0.698. The lowest BCUT2D eigenvalue weighted by atomic mass is 10.0. The van der Waals surface area contributed by atoms with Crippen LogP contribution in [0.2, 0.25) is 0 Å². The number of hydrogen-bond donors (Lipinski definition) is 2. The van der Waals surface area contributed by atoms with Gasteiger partial charge < -0.3 is 19.9 Å². The smallest absolute Gasteiger partial charge is 0.126 e. The molecule has 1 aliphatic heterocycles. The van der Waals surface area contributed by atoms with Crippen LogP contribution in [0, 0.1) is 0 Å². The summed E-state index contributed by atoms with van der Waals surface area (Å²) in [6, 6.07) is 12.3. The zero-order chi connectivity index (χ0) is 14.7. The minimum atomic E-state index is -0.720. The third-order valence-electron chi connectivity index (χ3n) is 4.05. The molecule has 4 heteroatoms. The van der Waals surface area contributed by atoms with E-state index in [0.717, 1.165) is 11.1 Å². The average Bonchev–Trinajstić information content (AvgIpc) is 2.94. The molecule has 21 heavy (non-hydrogen) atoms. The van der Waals surface area contributed by atoms with Crippen molar-refractivity contribution in [2.45, 2.75) is 18.6 Å². The summed E-state index contributed by atoms with van der Waals surface area (Å²) in [4.78, 5) is 0. The Kier molecular flexibility index (Phi) is 4.10. The van der Waals surface area contributed by atoms with E-state index in [-0.39, 0.29) is 0 Å². The van der Waals surface area contributed by atoms with Crippen molar-refractivity contribution in [3.8, 4) is 5.75 Å². The van der Waals surface area contributed by atoms with Crippen molar-refractivity contribution in [1.29, 1.82) is 0 Å². The Morgan fingerprint density at radius 3 is 2.76 bits per heavy atom. The fraction of sp³-hybridized carbons (Fsp3) is 0.412. The Morgan fingerprint density at radius 1 is 1.24 bits per heavy atom. The molecule has 0 aliphatic carbocycles. The molecule has 0 bridgehead atoms. The second-order valence-corrected chi connectivity index (χ2v) is 5.60. The summed E-state index contributed by atoms with van der Waals surface area (Å²) in [5, 5.41) is 15.9. The van der Waals surface area contributed by atoms with Crippen LogP contribution >= 0.6 is 0 Å². The van der Waals surface area contributed by atoms with E-state index in [4.69, 9.17) is 9.47 Å². The van der Waals surface area contributed by atoms with Crippen LogP contribution in [0.25, 0.3) is 10.8 Å². The number of nitrogens with one attached hydrogen (secondary N) is 1. The van der Waals surface area contributed by atoms with Crippen LogP contribution in [0.4, 0.5) is 0 Å². The van der Waals surface area contributed by atoms with Gasteiger partial charge in [0.25, 0.3) is 0 Å². The summed E-state index contributed by atoms with van der Waals surface area (Å²) in [5.74, 6) is 0.886. The highest BCUT2D eigenvalue weighted by Crippen LogP contribution is 2.28. The molecule has 1 fully saturated rings. The Bertz CT molecular complexity index is 620. The molecule has 0 aromatic heterocycles. The lowest BCUT2D eigenvalue weighted by Gasteiger charge is -2.21. The van der Waals surface area contributed by atoms with Gasteiger partial charge in [0.2, 0.25) is 0 Å². The Morgan fingerprint density at radius 2 is 2.05 bits per heavy atom. The summed E-state index contributed by atoms with van der Waals surface area (Å²) < 4.78 is 10.7. The van der Waals surface area contributed by atoms with Crippen molar-refractivity contribution < 1.29 is 14.6 Å². The molecule has 0 saturated carbocycles. The molecule has 0 spiro atoms. The number of ether oxygens (including phenoxy) is 2. The van der Waals surface area contributed by atoms with Gasteiger partial charge in [0.15, 0.2) is 0 Å². The van der Waals surface area contributed by atoms with Crippen molar-refractivity contribution in [2.75, 3.05) is 26.9 Å². The van der Waals surface area contributed by atoms with Gasteiger partial charge in [-0.15, -0.1) is 0 Å². The summed E-state index contributed by atoms with van der Waals surface area (Å²) in [7, 11) is 1.69. The van der Waals surface area contributed by atoms with Gasteiger partial charge in [-0.1, -0.05) is 30.3 Å². The first-order valence-corrected chi connectivity index (χ1v) is 7.27. The SMILES string of the molecule is COc1ccc(CNCC2(O)CCOC2)c2ccccc12. The van der Waals surface area contributed by atoms with E-state index in [0.29, 0.717) is 32.7 Å². The van der Waals surface area contributed by atoms with Gasteiger partial charge in [-0.3, -0.25) is 0 Å². The van der Waals surface area contributed by atoms with Gasteiger partial charge in [-0.2, -0.15) is 0 Å². The second kappa shape index (κ2) is 6.02. The Balaban J connectivity index is 1.75. The number of fused-ring (bicyclic) bond motifs is 1. The zero-order valence-electron chi connectivity index (χ0n) is 12.3. The highest BCUT2D eigenvalue weighted by atomic mass is 16.5. The topological polar surface area (TPSA) is 50.7 Å². The highest BCUT2D eigenvalue weighted by molar-refractivity contribution is 5.91. The Labute approximate surface area is 124 Å². The largest absolute Gasteiger partial charge is 0.496 e. The van der Waals surface area contributed by atoms with Crippen LogP contribution in [-0.4, -0.2) is 37.6 Å². The van der Waals surface area contributed by atoms with Crippen LogP contribution in [-0.2, 0) is 11.3 Å². The minimum absolute atomic E-state index is 0.420. The summed E-state index contributed by atoms with van der Waals surface area (Å²) in [6.45, 7) is 2.33. The van der Waals surface area contributed by atoms with Gasteiger partial charge in [0.05, 0.1) is 13.7 Å². The standard InChI is InChI=1S/C17H21NO3/c1-20-16-7-6-13(14-4-2-3-5-15(14)16)10-18-11-17(19)8-9-21-12-17/h2-7,18-19H,8-12H2,1H3. The number of aliphatic hydroxyl groups is 1. The molecule has 112 valence electrons. The molecule has 3 rings (SSSR count). The highest BCUT2D eigenvalue weighted by Gasteiger charge is 2.31. The third kappa shape index (κ3) is 3.02. The van der Waals surface area contributed by atoms with Crippen molar-refractivity contribution in [3.63, 3.8) is 0 Å². The molecule has 0 radical (unpaired) electrons. The zero-order valence-corrected chi connectivity index (χ0v) is 12.3. The summed E-state index contributed by atoms with van der Waals surface area (Å²) in [5.41, 5.74) is 0.483. The first-order chi connectivity index (χ1) is 10.2. The van der Waals surface area contributed by atoms with E-state index in [2.05, 4.69) is 23.5 Å². The number of benzene rings is 2. The molecule has 2 aromatic carbocycles. The maximum Gasteiger partial charge on any atom is 0.126 e. The lowest BCUT2D eigenvalue weighted by Crippen LogP contribution is -2.40. The van der Waals surface area contributed by atoms with E-state index >= 15 is 0 Å². The molecule has 1 saturated heterocycles. The minimum Gasteiger partial charge on any atom is -0.496 e.